The highest BCUT2D eigenvalue weighted by Gasteiger charge is 2.25. The van der Waals surface area contributed by atoms with Crippen molar-refractivity contribution in [1.82, 2.24) is 4.90 Å². The maximum atomic E-state index is 12.6. The second-order valence-corrected chi connectivity index (χ2v) is 5.31. The minimum Gasteiger partial charge on any atom is -0.478 e. The molecule has 1 aliphatic rings. The summed E-state index contributed by atoms with van der Waals surface area (Å²) in [5.41, 5.74) is 3.06. The summed E-state index contributed by atoms with van der Waals surface area (Å²) in [5.74, 6) is -1.23. The van der Waals surface area contributed by atoms with Gasteiger partial charge in [0.1, 0.15) is 0 Å². The molecule has 0 unspecified atom stereocenters. The monoisotopic (exact) mass is 273 g/mol. The minimum absolute atomic E-state index is 0.126. The molecule has 0 saturated heterocycles. The summed E-state index contributed by atoms with van der Waals surface area (Å²) in [7, 11) is 0. The average Bonchev–Trinajstić information content (AvgIpc) is 2.40. The number of amides is 1. The smallest absolute Gasteiger partial charge is 0.336 e. The lowest BCUT2D eigenvalue weighted by atomic mass is 9.95. The molecule has 1 amide bonds. The van der Waals surface area contributed by atoms with Crippen LogP contribution in [0.5, 0.6) is 0 Å². The Labute approximate surface area is 118 Å². The molecule has 1 aliphatic heterocycles. The van der Waals surface area contributed by atoms with E-state index in [-0.39, 0.29) is 11.5 Å². The molecule has 0 aliphatic carbocycles. The lowest BCUT2D eigenvalue weighted by Crippen LogP contribution is -2.36. The third-order valence-electron chi connectivity index (χ3n) is 3.77. The molecule has 2 rings (SSSR count). The van der Waals surface area contributed by atoms with Crippen molar-refractivity contribution in [2.75, 3.05) is 13.1 Å². The number of carbonyl (C=O) groups excluding carboxylic acids is 1. The topological polar surface area (TPSA) is 57.6 Å². The molecule has 20 heavy (non-hydrogen) atoms. The van der Waals surface area contributed by atoms with Crippen LogP contribution >= 0.6 is 0 Å². The van der Waals surface area contributed by atoms with Gasteiger partial charge in [0.2, 0.25) is 0 Å². The second-order valence-electron chi connectivity index (χ2n) is 5.31. The molecule has 0 fully saturated rings. The zero-order chi connectivity index (χ0) is 14.9. The third kappa shape index (κ3) is 2.59. The van der Waals surface area contributed by atoms with Crippen molar-refractivity contribution in [1.29, 1.82) is 0 Å². The SMILES string of the molecule is CC1=CCN(C(=O)c2c(C)ccc(C)c2C(=O)O)CC1. The number of hydrogen-bond acceptors (Lipinski definition) is 2. The van der Waals surface area contributed by atoms with Crippen molar-refractivity contribution in [3.05, 3.63) is 46.0 Å². The van der Waals surface area contributed by atoms with Crippen LogP contribution in [0, 0.1) is 13.8 Å². The molecule has 4 nitrogen and oxygen atoms in total. The van der Waals surface area contributed by atoms with Gasteiger partial charge in [-0.1, -0.05) is 23.8 Å². The predicted octanol–water partition coefficient (Wildman–Crippen LogP) is 2.79. The van der Waals surface area contributed by atoms with Crippen LogP contribution in [0.1, 0.15) is 45.2 Å². The highest BCUT2D eigenvalue weighted by atomic mass is 16.4. The van der Waals surface area contributed by atoms with Gasteiger partial charge < -0.3 is 10.0 Å². The van der Waals surface area contributed by atoms with Gasteiger partial charge in [-0.15, -0.1) is 0 Å². The molecular formula is C16H19NO3. The van der Waals surface area contributed by atoms with Gasteiger partial charge >= 0.3 is 5.97 Å². The fourth-order valence-corrected chi connectivity index (χ4v) is 2.48. The lowest BCUT2D eigenvalue weighted by molar-refractivity contribution is 0.0676. The first-order valence-corrected chi connectivity index (χ1v) is 6.70. The molecule has 0 spiro atoms. The summed E-state index contributed by atoms with van der Waals surface area (Å²) in [4.78, 5) is 25.8. The molecule has 106 valence electrons. The van der Waals surface area contributed by atoms with E-state index < -0.39 is 5.97 Å². The van der Waals surface area contributed by atoms with Crippen LogP contribution in [0.2, 0.25) is 0 Å². The number of carboxylic acids is 1. The molecule has 1 aromatic carbocycles. The fourth-order valence-electron chi connectivity index (χ4n) is 2.48. The first kappa shape index (κ1) is 14.3. The van der Waals surface area contributed by atoms with E-state index >= 15 is 0 Å². The Bertz CT molecular complexity index is 602. The van der Waals surface area contributed by atoms with Crippen molar-refractivity contribution in [2.45, 2.75) is 27.2 Å². The molecule has 1 N–H and O–H groups in total. The van der Waals surface area contributed by atoms with Gasteiger partial charge in [-0.25, -0.2) is 4.79 Å². The molecule has 0 saturated carbocycles. The summed E-state index contributed by atoms with van der Waals surface area (Å²) in [6, 6.07) is 3.55. The van der Waals surface area contributed by atoms with Crippen LogP contribution in [-0.4, -0.2) is 35.0 Å². The van der Waals surface area contributed by atoms with Crippen LogP contribution in [0.4, 0.5) is 0 Å². The van der Waals surface area contributed by atoms with Crippen molar-refractivity contribution in [2.24, 2.45) is 0 Å². The van der Waals surface area contributed by atoms with E-state index in [4.69, 9.17) is 0 Å². The first-order valence-electron chi connectivity index (χ1n) is 6.70. The number of hydrogen-bond donors (Lipinski definition) is 1. The van der Waals surface area contributed by atoms with Crippen LogP contribution in [0.15, 0.2) is 23.8 Å². The van der Waals surface area contributed by atoms with E-state index in [0.29, 0.717) is 29.8 Å². The Morgan fingerprint density at radius 2 is 1.70 bits per heavy atom. The van der Waals surface area contributed by atoms with Gasteiger partial charge in [-0.05, 0) is 38.3 Å². The number of aryl methyl sites for hydroxylation is 2. The number of carboxylic acid groups (broad SMARTS) is 1. The summed E-state index contributed by atoms with van der Waals surface area (Å²) in [6.45, 7) is 6.75. The van der Waals surface area contributed by atoms with Gasteiger partial charge in [0.15, 0.2) is 0 Å². The maximum absolute atomic E-state index is 12.6. The van der Waals surface area contributed by atoms with E-state index in [1.807, 2.05) is 13.0 Å². The molecule has 1 aromatic rings. The predicted molar refractivity (Wildman–Crippen MR) is 77.2 cm³/mol. The molecular weight excluding hydrogens is 254 g/mol. The van der Waals surface area contributed by atoms with Gasteiger partial charge in [-0.2, -0.15) is 0 Å². The minimum atomic E-state index is -1.04. The zero-order valence-electron chi connectivity index (χ0n) is 12.1. The third-order valence-corrected chi connectivity index (χ3v) is 3.77. The highest BCUT2D eigenvalue weighted by molar-refractivity contribution is 6.06. The molecule has 0 aromatic heterocycles. The summed E-state index contributed by atoms with van der Waals surface area (Å²) in [5, 5.41) is 9.38. The lowest BCUT2D eigenvalue weighted by Gasteiger charge is -2.27. The number of benzene rings is 1. The number of aromatic carboxylic acids is 1. The summed E-state index contributed by atoms with van der Waals surface area (Å²) in [6.07, 6.45) is 2.87. The maximum Gasteiger partial charge on any atom is 0.336 e. The van der Waals surface area contributed by atoms with E-state index in [1.165, 1.54) is 5.57 Å². The Morgan fingerprint density at radius 3 is 2.20 bits per heavy atom. The van der Waals surface area contributed by atoms with E-state index in [9.17, 15) is 14.7 Å². The van der Waals surface area contributed by atoms with Crippen molar-refractivity contribution in [3.63, 3.8) is 0 Å². The van der Waals surface area contributed by atoms with Gasteiger partial charge in [0.05, 0.1) is 11.1 Å². The average molecular weight is 273 g/mol. The zero-order valence-corrected chi connectivity index (χ0v) is 12.1. The van der Waals surface area contributed by atoms with Crippen LogP contribution in [0.3, 0.4) is 0 Å². The normalized spacial score (nSPS) is 14.9. The fraction of sp³-hybridized carbons (Fsp3) is 0.375. The van der Waals surface area contributed by atoms with E-state index in [1.54, 1.807) is 30.9 Å². The standard InChI is InChI=1S/C16H19NO3/c1-10-6-8-17(9-7-10)15(18)13-11(2)4-5-12(3)14(13)16(19)20/h4-6H,7-9H2,1-3H3,(H,19,20). The Morgan fingerprint density at radius 1 is 1.10 bits per heavy atom. The second kappa shape index (κ2) is 5.49. The van der Waals surface area contributed by atoms with E-state index in [0.717, 1.165) is 6.42 Å². The number of carbonyl (C=O) groups is 2. The van der Waals surface area contributed by atoms with E-state index in [2.05, 4.69) is 0 Å². The highest BCUT2D eigenvalue weighted by Crippen LogP contribution is 2.22. The molecule has 0 atom stereocenters. The summed E-state index contributed by atoms with van der Waals surface area (Å²) >= 11 is 0. The van der Waals surface area contributed by atoms with Crippen molar-refractivity contribution in [3.8, 4) is 0 Å². The number of rotatable bonds is 2. The Balaban J connectivity index is 2.44. The van der Waals surface area contributed by atoms with Crippen molar-refractivity contribution < 1.29 is 14.7 Å². The Hall–Kier alpha value is -2.10. The van der Waals surface area contributed by atoms with Crippen LogP contribution in [0.25, 0.3) is 0 Å². The van der Waals surface area contributed by atoms with Gasteiger partial charge in [0, 0.05) is 13.1 Å². The Kier molecular flexibility index (Phi) is 3.93. The largest absolute Gasteiger partial charge is 0.478 e. The van der Waals surface area contributed by atoms with Gasteiger partial charge in [-0.3, -0.25) is 4.79 Å². The van der Waals surface area contributed by atoms with Crippen molar-refractivity contribution >= 4 is 11.9 Å². The number of nitrogens with zero attached hydrogens (tertiary/aromatic N) is 1. The molecule has 0 radical (unpaired) electrons. The summed E-state index contributed by atoms with van der Waals surface area (Å²) < 4.78 is 0. The first-order chi connectivity index (χ1) is 9.41. The quantitative estimate of drug-likeness (QED) is 0.843. The molecule has 0 bridgehead atoms. The molecule has 1 heterocycles. The van der Waals surface area contributed by atoms with Crippen LogP contribution in [-0.2, 0) is 0 Å². The van der Waals surface area contributed by atoms with Gasteiger partial charge in [0.25, 0.3) is 5.91 Å². The van der Waals surface area contributed by atoms with Crippen LogP contribution < -0.4 is 0 Å². The molecule has 4 heteroatoms.